The molecule has 2 heterocycles. The largest absolute Gasteiger partial charge is 0.446 e. The van der Waals surface area contributed by atoms with Crippen LogP contribution in [0.3, 0.4) is 0 Å². The van der Waals surface area contributed by atoms with Gasteiger partial charge in [0.25, 0.3) is 0 Å². The number of carbonyl (C=O) groups is 1. The molecule has 1 amide bonds. The highest BCUT2D eigenvalue weighted by molar-refractivity contribution is 5.65. The van der Waals surface area contributed by atoms with Crippen LogP contribution in [0.15, 0.2) is 41.3 Å². The van der Waals surface area contributed by atoms with Crippen molar-refractivity contribution >= 4 is 11.9 Å². The summed E-state index contributed by atoms with van der Waals surface area (Å²) in [5.41, 5.74) is 12.5. The summed E-state index contributed by atoms with van der Waals surface area (Å²) in [4.78, 5) is 30.0. The fourth-order valence-corrected chi connectivity index (χ4v) is 5.73. The minimum Gasteiger partial charge on any atom is -0.446 e. The summed E-state index contributed by atoms with van der Waals surface area (Å²) in [6, 6.07) is 10.2. The van der Waals surface area contributed by atoms with Gasteiger partial charge < -0.3 is 16.2 Å². The smallest absolute Gasteiger partial charge is 0.404 e. The molecule has 4 unspecified atom stereocenters. The van der Waals surface area contributed by atoms with Crippen molar-refractivity contribution in [2.75, 3.05) is 18.8 Å². The van der Waals surface area contributed by atoms with Gasteiger partial charge in [0.2, 0.25) is 0 Å². The Morgan fingerprint density at radius 3 is 2.35 bits per heavy atom. The number of fused-ring (bicyclic) bond motifs is 1. The Bertz CT molecular complexity index is 1060. The summed E-state index contributed by atoms with van der Waals surface area (Å²) in [6.45, 7) is 10.7. The van der Waals surface area contributed by atoms with Crippen LogP contribution in [0.2, 0.25) is 0 Å². The SMILES string of the molecule is CCCC(Cc1ccc(-n2ccc(N)nc2=O)cc1)N1CC2C(C1)C2C(OC(N)=O)C(C)(C)C. The van der Waals surface area contributed by atoms with E-state index in [1.54, 1.807) is 12.3 Å². The second kappa shape index (κ2) is 9.41. The molecule has 1 aliphatic carbocycles. The number of ether oxygens (including phenoxy) is 1. The van der Waals surface area contributed by atoms with Gasteiger partial charge in [-0.05, 0) is 53.9 Å². The Morgan fingerprint density at radius 2 is 1.82 bits per heavy atom. The van der Waals surface area contributed by atoms with E-state index in [0.717, 1.165) is 38.0 Å². The molecule has 1 saturated heterocycles. The van der Waals surface area contributed by atoms with E-state index in [-0.39, 0.29) is 23.0 Å². The molecule has 184 valence electrons. The number of nitrogens with two attached hydrogens (primary N) is 2. The van der Waals surface area contributed by atoms with Crippen LogP contribution in [0.4, 0.5) is 10.6 Å². The van der Waals surface area contributed by atoms with Gasteiger partial charge in [0.05, 0.1) is 5.69 Å². The van der Waals surface area contributed by atoms with Crippen LogP contribution in [0.25, 0.3) is 5.69 Å². The molecule has 34 heavy (non-hydrogen) atoms. The Morgan fingerprint density at radius 1 is 1.18 bits per heavy atom. The molecule has 8 nitrogen and oxygen atoms in total. The monoisotopic (exact) mass is 467 g/mol. The van der Waals surface area contributed by atoms with E-state index in [0.29, 0.717) is 23.8 Å². The second-order valence-electron chi connectivity index (χ2n) is 10.9. The summed E-state index contributed by atoms with van der Waals surface area (Å²) in [6.07, 6.45) is 4.07. The predicted octanol–water partition coefficient (Wildman–Crippen LogP) is 3.21. The summed E-state index contributed by atoms with van der Waals surface area (Å²) in [7, 11) is 0. The number of likely N-dealkylation sites (tertiary alicyclic amines) is 1. The highest BCUT2D eigenvalue weighted by Crippen LogP contribution is 2.57. The molecule has 0 radical (unpaired) electrons. The molecular weight excluding hydrogens is 430 g/mol. The standard InChI is InChI=1S/C26H37N5O3/c1-5-6-18(13-16-7-9-17(10-8-16)31-12-11-21(27)29-25(31)33)30-14-19-20(15-30)22(19)23(26(2,3)4)34-24(28)32/h7-12,18-20,22-23H,5-6,13-15H2,1-4H3,(H2,28,32)(H2,27,29,33). The molecule has 1 aromatic carbocycles. The summed E-state index contributed by atoms with van der Waals surface area (Å²) >= 11 is 0. The fraction of sp³-hybridized carbons (Fsp3) is 0.577. The van der Waals surface area contributed by atoms with E-state index in [2.05, 4.69) is 49.7 Å². The van der Waals surface area contributed by atoms with Gasteiger partial charge in [-0.3, -0.25) is 9.47 Å². The normalized spacial score (nSPS) is 23.8. The van der Waals surface area contributed by atoms with Gasteiger partial charge in [0.1, 0.15) is 11.9 Å². The van der Waals surface area contributed by atoms with Crippen LogP contribution in [0.1, 0.15) is 46.1 Å². The van der Waals surface area contributed by atoms with Crippen LogP contribution in [0, 0.1) is 23.2 Å². The third-order valence-electron chi connectivity index (χ3n) is 7.38. The van der Waals surface area contributed by atoms with Gasteiger partial charge in [0, 0.05) is 31.2 Å². The summed E-state index contributed by atoms with van der Waals surface area (Å²) in [5.74, 6) is 1.75. The molecular formula is C26H37N5O3. The number of primary amides is 1. The molecule has 2 aliphatic rings. The molecule has 8 heteroatoms. The van der Waals surface area contributed by atoms with Crippen LogP contribution in [-0.4, -0.2) is 45.8 Å². The average Bonchev–Trinajstić information content (AvgIpc) is 3.22. The first kappa shape index (κ1) is 24.3. The molecule has 2 fully saturated rings. The van der Waals surface area contributed by atoms with E-state index in [1.807, 2.05) is 12.1 Å². The van der Waals surface area contributed by atoms with Crippen molar-refractivity contribution in [2.24, 2.45) is 28.9 Å². The topological polar surface area (TPSA) is 116 Å². The molecule has 1 aliphatic heterocycles. The molecule has 1 saturated carbocycles. The Balaban J connectivity index is 1.40. The van der Waals surface area contributed by atoms with Crippen molar-refractivity contribution in [1.82, 2.24) is 14.5 Å². The molecule has 0 spiro atoms. The van der Waals surface area contributed by atoms with Gasteiger partial charge in [0.15, 0.2) is 0 Å². The number of hydrogen-bond acceptors (Lipinski definition) is 6. The highest BCUT2D eigenvalue weighted by Gasteiger charge is 2.62. The molecule has 2 aromatic rings. The lowest BCUT2D eigenvalue weighted by Crippen LogP contribution is -2.41. The zero-order valence-electron chi connectivity index (χ0n) is 20.6. The maximum absolute atomic E-state index is 12.1. The first-order chi connectivity index (χ1) is 16.1. The Hall–Kier alpha value is -2.87. The minimum atomic E-state index is -0.675. The summed E-state index contributed by atoms with van der Waals surface area (Å²) in [5, 5.41) is 0. The lowest BCUT2D eigenvalue weighted by Gasteiger charge is -2.34. The maximum Gasteiger partial charge on any atom is 0.404 e. The fourth-order valence-electron chi connectivity index (χ4n) is 5.73. The van der Waals surface area contributed by atoms with E-state index in [9.17, 15) is 9.59 Å². The van der Waals surface area contributed by atoms with Crippen molar-refractivity contribution in [3.63, 3.8) is 0 Å². The van der Waals surface area contributed by atoms with Gasteiger partial charge in [-0.1, -0.05) is 46.2 Å². The van der Waals surface area contributed by atoms with Gasteiger partial charge in [-0.15, -0.1) is 0 Å². The van der Waals surface area contributed by atoms with Crippen molar-refractivity contribution < 1.29 is 9.53 Å². The number of amides is 1. The van der Waals surface area contributed by atoms with E-state index in [1.165, 1.54) is 10.1 Å². The number of hydrogen-bond donors (Lipinski definition) is 2. The van der Waals surface area contributed by atoms with Gasteiger partial charge >= 0.3 is 11.8 Å². The average molecular weight is 468 g/mol. The molecule has 4 rings (SSSR count). The number of piperidine rings is 1. The lowest BCUT2D eigenvalue weighted by atomic mass is 9.84. The zero-order chi connectivity index (χ0) is 24.6. The highest BCUT2D eigenvalue weighted by atomic mass is 16.6. The molecule has 0 bridgehead atoms. The van der Waals surface area contributed by atoms with E-state index >= 15 is 0 Å². The van der Waals surface area contributed by atoms with Crippen LogP contribution in [-0.2, 0) is 11.2 Å². The molecule has 4 atom stereocenters. The van der Waals surface area contributed by atoms with Crippen LogP contribution < -0.4 is 17.2 Å². The van der Waals surface area contributed by atoms with Crippen molar-refractivity contribution in [2.45, 2.75) is 59.1 Å². The Labute approximate surface area is 201 Å². The first-order valence-electron chi connectivity index (χ1n) is 12.2. The maximum atomic E-state index is 12.1. The van der Waals surface area contributed by atoms with Gasteiger partial charge in [-0.25, -0.2) is 9.59 Å². The number of nitrogens with zero attached hydrogens (tertiary/aromatic N) is 3. The number of rotatable bonds is 8. The van der Waals surface area contributed by atoms with Crippen LogP contribution in [0.5, 0.6) is 0 Å². The number of carbonyl (C=O) groups excluding carboxylic acids is 1. The van der Waals surface area contributed by atoms with Crippen molar-refractivity contribution in [1.29, 1.82) is 0 Å². The second-order valence-corrected chi connectivity index (χ2v) is 10.9. The molecule has 1 aromatic heterocycles. The lowest BCUT2D eigenvalue weighted by molar-refractivity contribution is 0.00837. The van der Waals surface area contributed by atoms with Crippen LogP contribution >= 0.6 is 0 Å². The van der Waals surface area contributed by atoms with Crippen molar-refractivity contribution in [3.8, 4) is 5.69 Å². The third kappa shape index (κ3) is 5.12. The number of aromatic nitrogens is 2. The number of benzene rings is 1. The van der Waals surface area contributed by atoms with E-state index < -0.39 is 6.09 Å². The number of nitrogen functional groups attached to an aromatic ring is 1. The number of anilines is 1. The Kier molecular flexibility index (Phi) is 6.71. The quantitative estimate of drug-likeness (QED) is 0.616. The minimum absolute atomic E-state index is 0.124. The zero-order valence-corrected chi connectivity index (χ0v) is 20.6. The molecule has 4 N–H and O–H groups in total. The van der Waals surface area contributed by atoms with Crippen molar-refractivity contribution in [3.05, 3.63) is 52.6 Å². The van der Waals surface area contributed by atoms with E-state index in [4.69, 9.17) is 16.2 Å². The third-order valence-corrected chi connectivity index (χ3v) is 7.38. The summed E-state index contributed by atoms with van der Waals surface area (Å²) < 4.78 is 7.06. The first-order valence-corrected chi connectivity index (χ1v) is 12.2. The predicted molar refractivity (Wildman–Crippen MR) is 133 cm³/mol. The van der Waals surface area contributed by atoms with Gasteiger partial charge in [-0.2, -0.15) is 4.98 Å².